The SMILES string of the molecule is CC(C)N1CCN(C(=O)c2c[nH]c3cc(N)ccc23)CC1. The minimum absolute atomic E-state index is 0.106. The number of carbonyl (C=O) groups is 1. The molecule has 0 unspecified atom stereocenters. The minimum atomic E-state index is 0.106. The van der Waals surface area contributed by atoms with Crippen LogP contribution in [0.4, 0.5) is 5.69 Å². The summed E-state index contributed by atoms with van der Waals surface area (Å²) in [6.07, 6.45) is 1.79. The zero-order valence-electron chi connectivity index (χ0n) is 12.6. The maximum atomic E-state index is 12.7. The fraction of sp³-hybridized carbons (Fsp3) is 0.438. The van der Waals surface area contributed by atoms with E-state index in [4.69, 9.17) is 5.73 Å². The van der Waals surface area contributed by atoms with E-state index in [1.807, 2.05) is 23.1 Å². The third-order valence-electron chi connectivity index (χ3n) is 4.27. The van der Waals surface area contributed by atoms with Crippen molar-refractivity contribution in [3.8, 4) is 0 Å². The molecule has 1 aromatic carbocycles. The third kappa shape index (κ3) is 2.61. The number of hydrogen-bond acceptors (Lipinski definition) is 3. The molecule has 0 aliphatic carbocycles. The number of hydrogen-bond donors (Lipinski definition) is 2. The van der Waals surface area contributed by atoms with Gasteiger partial charge in [0.15, 0.2) is 0 Å². The molecule has 112 valence electrons. The van der Waals surface area contributed by atoms with E-state index in [9.17, 15) is 4.79 Å². The molecule has 5 heteroatoms. The lowest BCUT2D eigenvalue weighted by atomic mass is 10.1. The molecule has 5 nitrogen and oxygen atoms in total. The molecule has 0 bridgehead atoms. The van der Waals surface area contributed by atoms with Crippen LogP contribution in [0.1, 0.15) is 24.2 Å². The van der Waals surface area contributed by atoms with Gasteiger partial charge < -0.3 is 15.6 Å². The largest absolute Gasteiger partial charge is 0.399 e. The molecule has 1 amide bonds. The highest BCUT2D eigenvalue weighted by molar-refractivity contribution is 6.07. The summed E-state index contributed by atoms with van der Waals surface area (Å²) in [5, 5.41) is 0.945. The molecule has 1 aliphatic rings. The van der Waals surface area contributed by atoms with Crippen molar-refractivity contribution in [3.05, 3.63) is 30.0 Å². The number of nitrogens with two attached hydrogens (primary N) is 1. The van der Waals surface area contributed by atoms with E-state index in [0.717, 1.165) is 42.6 Å². The molecule has 0 atom stereocenters. The highest BCUT2D eigenvalue weighted by Crippen LogP contribution is 2.22. The summed E-state index contributed by atoms with van der Waals surface area (Å²) in [6, 6.07) is 6.16. The lowest BCUT2D eigenvalue weighted by Crippen LogP contribution is -2.50. The summed E-state index contributed by atoms with van der Waals surface area (Å²) in [5.74, 6) is 0.106. The molecule has 1 saturated heterocycles. The van der Waals surface area contributed by atoms with Crippen molar-refractivity contribution < 1.29 is 4.79 Å². The summed E-state index contributed by atoms with van der Waals surface area (Å²) in [6.45, 7) is 7.86. The van der Waals surface area contributed by atoms with Crippen LogP contribution in [-0.2, 0) is 0 Å². The maximum Gasteiger partial charge on any atom is 0.256 e. The Hall–Kier alpha value is -2.01. The van der Waals surface area contributed by atoms with Gasteiger partial charge in [-0.05, 0) is 32.0 Å². The van der Waals surface area contributed by atoms with E-state index in [1.165, 1.54) is 0 Å². The fourth-order valence-electron chi connectivity index (χ4n) is 2.93. The van der Waals surface area contributed by atoms with Gasteiger partial charge in [0.25, 0.3) is 5.91 Å². The van der Waals surface area contributed by atoms with Crippen molar-refractivity contribution in [2.24, 2.45) is 0 Å². The van der Waals surface area contributed by atoms with Crippen molar-refractivity contribution in [3.63, 3.8) is 0 Å². The second-order valence-electron chi connectivity index (χ2n) is 5.93. The first-order chi connectivity index (χ1) is 10.1. The lowest BCUT2D eigenvalue weighted by molar-refractivity contribution is 0.0597. The van der Waals surface area contributed by atoms with Gasteiger partial charge in [0, 0.05) is 55.0 Å². The summed E-state index contributed by atoms with van der Waals surface area (Å²) < 4.78 is 0. The summed E-state index contributed by atoms with van der Waals surface area (Å²) in [4.78, 5) is 20.2. The van der Waals surface area contributed by atoms with Crippen molar-refractivity contribution in [2.75, 3.05) is 31.9 Å². The summed E-state index contributed by atoms with van der Waals surface area (Å²) in [5.41, 5.74) is 8.13. The molecule has 1 aliphatic heterocycles. The standard InChI is InChI=1S/C16H22N4O/c1-11(2)19-5-7-20(8-6-19)16(21)14-10-18-15-9-12(17)3-4-13(14)15/h3-4,9-11,18H,5-8,17H2,1-2H3. The Balaban J connectivity index is 1.79. The normalized spacial score (nSPS) is 16.8. The van der Waals surface area contributed by atoms with Gasteiger partial charge in [0.1, 0.15) is 0 Å². The van der Waals surface area contributed by atoms with Crippen LogP contribution in [-0.4, -0.2) is 52.9 Å². The van der Waals surface area contributed by atoms with Gasteiger partial charge in [-0.25, -0.2) is 0 Å². The first-order valence-corrected chi connectivity index (χ1v) is 7.46. The van der Waals surface area contributed by atoms with Gasteiger partial charge in [-0.2, -0.15) is 0 Å². The Morgan fingerprint density at radius 3 is 2.62 bits per heavy atom. The van der Waals surface area contributed by atoms with Crippen LogP contribution < -0.4 is 5.73 Å². The lowest BCUT2D eigenvalue weighted by Gasteiger charge is -2.36. The second-order valence-corrected chi connectivity index (χ2v) is 5.93. The Labute approximate surface area is 124 Å². The zero-order valence-corrected chi connectivity index (χ0v) is 12.6. The number of H-pyrrole nitrogens is 1. The van der Waals surface area contributed by atoms with Crippen LogP contribution in [0.3, 0.4) is 0 Å². The number of carbonyl (C=O) groups excluding carboxylic acids is 1. The zero-order chi connectivity index (χ0) is 15.0. The second kappa shape index (κ2) is 5.41. The van der Waals surface area contributed by atoms with Gasteiger partial charge in [-0.1, -0.05) is 0 Å². The number of rotatable bonds is 2. The van der Waals surface area contributed by atoms with Crippen molar-refractivity contribution in [2.45, 2.75) is 19.9 Å². The highest BCUT2D eigenvalue weighted by atomic mass is 16.2. The van der Waals surface area contributed by atoms with E-state index < -0.39 is 0 Å². The molecule has 0 saturated carbocycles. The fourth-order valence-corrected chi connectivity index (χ4v) is 2.93. The number of aromatic amines is 1. The van der Waals surface area contributed by atoms with Crippen LogP contribution >= 0.6 is 0 Å². The smallest absolute Gasteiger partial charge is 0.256 e. The predicted octanol–water partition coefficient (Wildman–Crippen LogP) is 1.92. The van der Waals surface area contributed by atoms with Crippen LogP contribution in [0, 0.1) is 0 Å². The average molecular weight is 286 g/mol. The number of fused-ring (bicyclic) bond motifs is 1. The van der Waals surface area contributed by atoms with Crippen molar-refractivity contribution in [1.29, 1.82) is 0 Å². The highest BCUT2D eigenvalue weighted by Gasteiger charge is 2.24. The topological polar surface area (TPSA) is 65.4 Å². The van der Waals surface area contributed by atoms with E-state index in [-0.39, 0.29) is 5.91 Å². The van der Waals surface area contributed by atoms with Gasteiger partial charge in [0.2, 0.25) is 0 Å². The monoisotopic (exact) mass is 286 g/mol. The molecule has 3 N–H and O–H groups in total. The maximum absolute atomic E-state index is 12.7. The third-order valence-corrected chi connectivity index (χ3v) is 4.27. The van der Waals surface area contributed by atoms with Gasteiger partial charge in [0.05, 0.1) is 5.56 Å². The van der Waals surface area contributed by atoms with Gasteiger partial charge in [-0.15, -0.1) is 0 Å². The molecule has 1 fully saturated rings. The first kappa shape index (κ1) is 13.9. The molecular formula is C16H22N4O. The number of benzene rings is 1. The van der Waals surface area contributed by atoms with Crippen molar-refractivity contribution >= 4 is 22.5 Å². The summed E-state index contributed by atoms with van der Waals surface area (Å²) >= 11 is 0. The molecule has 0 spiro atoms. The van der Waals surface area contributed by atoms with E-state index in [2.05, 4.69) is 23.7 Å². The Morgan fingerprint density at radius 2 is 1.95 bits per heavy atom. The number of piperazine rings is 1. The van der Waals surface area contributed by atoms with E-state index >= 15 is 0 Å². The summed E-state index contributed by atoms with van der Waals surface area (Å²) in [7, 11) is 0. The van der Waals surface area contributed by atoms with E-state index in [1.54, 1.807) is 6.20 Å². The number of nitrogen functional groups attached to an aromatic ring is 1. The quantitative estimate of drug-likeness (QED) is 0.829. The number of amides is 1. The Morgan fingerprint density at radius 1 is 1.24 bits per heavy atom. The van der Waals surface area contributed by atoms with Crippen LogP contribution in [0.5, 0.6) is 0 Å². The first-order valence-electron chi connectivity index (χ1n) is 7.46. The average Bonchev–Trinajstić information content (AvgIpc) is 2.89. The molecule has 1 aromatic heterocycles. The molecule has 2 heterocycles. The molecule has 2 aromatic rings. The molecular weight excluding hydrogens is 264 g/mol. The Bertz CT molecular complexity index is 653. The number of anilines is 1. The Kier molecular flexibility index (Phi) is 3.59. The van der Waals surface area contributed by atoms with Crippen LogP contribution in [0.2, 0.25) is 0 Å². The number of aromatic nitrogens is 1. The molecule has 0 radical (unpaired) electrons. The number of nitrogens with zero attached hydrogens (tertiary/aromatic N) is 2. The van der Waals surface area contributed by atoms with Crippen molar-refractivity contribution in [1.82, 2.24) is 14.8 Å². The van der Waals surface area contributed by atoms with Crippen LogP contribution in [0.25, 0.3) is 10.9 Å². The molecule has 3 rings (SSSR count). The minimum Gasteiger partial charge on any atom is -0.399 e. The van der Waals surface area contributed by atoms with Crippen LogP contribution in [0.15, 0.2) is 24.4 Å². The molecule has 21 heavy (non-hydrogen) atoms. The van der Waals surface area contributed by atoms with Gasteiger partial charge >= 0.3 is 0 Å². The predicted molar refractivity (Wildman–Crippen MR) is 85.3 cm³/mol. The van der Waals surface area contributed by atoms with Gasteiger partial charge in [-0.3, -0.25) is 9.69 Å². The number of nitrogens with one attached hydrogen (secondary N) is 1. The van der Waals surface area contributed by atoms with E-state index in [0.29, 0.717) is 11.7 Å².